The molecule has 2 heterocycles. The summed E-state index contributed by atoms with van der Waals surface area (Å²) in [7, 11) is 0. The number of aromatic nitrogens is 3. The molecule has 4 aromatic rings. The van der Waals surface area contributed by atoms with Crippen LogP contribution in [0.15, 0.2) is 76.4 Å². The molecule has 1 saturated carbocycles. The fourth-order valence-electron chi connectivity index (χ4n) is 5.36. The first-order valence-corrected chi connectivity index (χ1v) is 14.2. The summed E-state index contributed by atoms with van der Waals surface area (Å²) in [6.07, 6.45) is 2.35. The van der Waals surface area contributed by atoms with Gasteiger partial charge in [-0.15, -0.1) is 0 Å². The quantitative estimate of drug-likeness (QED) is 0.339. The second kappa shape index (κ2) is 12.2. The molecule has 0 spiro atoms. The van der Waals surface area contributed by atoms with E-state index in [1.807, 2.05) is 30.3 Å². The molecule has 11 heteroatoms. The lowest BCUT2D eigenvalue weighted by atomic mass is 9.91. The van der Waals surface area contributed by atoms with Gasteiger partial charge in [-0.25, -0.2) is 23.5 Å². The predicted octanol–water partition coefficient (Wildman–Crippen LogP) is 4.62. The summed E-state index contributed by atoms with van der Waals surface area (Å²) in [5.41, 5.74) is -0.352. The standard InChI is InChI=1S/C32H34FN5O5/c1-32(2,3)43-30(41)36-23-12-14-24(15-13-23)38-29(40)26-17-22(33)19-34-27(26)37(31(38)42)25-11-7-10-21(16-25)28(39)35-18-20-8-5-4-6-9-20/h4-11,16-17,19,23-24H,12-15,18H2,1-3H3,(H,35,39)(H,36,41). The number of benzene rings is 2. The highest BCUT2D eigenvalue weighted by Crippen LogP contribution is 2.28. The molecule has 43 heavy (non-hydrogen) atoms. The smallest absolute Gasteiger partial charge is 0.407 e. The van der Waals surface area contributed by atoms with Crippen LogP contribution in [-0.4, -0.2) is 37.8 Å². The second-order valence-electron chi connectivity index (χ2n) is 11.7. The first-order valence-electron chi connectivity index (χ1n) is 14.2. The number of halogens is 1. The van der Waals surface area contributed by atoms with Crippen molar-refractivity contribution in [1.82, 2.24) is 24.8 Å². The van der Waals surface area contributed by atoms with E-state index in [-0.39, 0.29) is 23.0 Å². The van der Waals surface area contributed by atoms with Gasteiger partial charge in [0, 0.05) is 24.2 Å². The van der Waals surface area contributed by atoms with Crippen LogP contribution in [0.4, 0.5) is 9.18 Å². The van der Waals surface area contributed by atoms with Gasteiger partial charge in [-0.2, -0.15) is 0 Å². The number of fused-ring (bicyclic) bond motifs is 1. The largest absolute Gasteiger partial charge is 0.444 e. The molecule has 0 unspecified atom stereocenters. The number of ether oxygens (including phenoxy) is 1. The average molecular weight is 588 g/mol. The molecule has 0 bridgehead atoms. The summed E-state index contributed by atoms with van der Waals surface area (Å²) in [6, 6.07) is 16.3. The monoisotopic (exact) mass is 587 g/mol. The zero-order valence-electron chi connectivity index (χ0n) is 24.3. The fraction of sp³-hybridized carbons (Fsp3) is 0.344. The molecule has 1 aliphatic rings. The van der Waals surface area contributed by atoms with Crippen LogP contribution in [0.3, 0.4) is 0 Å². The van der Waals surface area contributed by atoms with Crippen LogP contribution in [-0.2, 0) is 11.3 Å². The lowest BCUT2D eigenvalue weighted by Gasteiger charge is -2.31. The summed E-state index contributed by atoms with van der Waals surface area (Å²) < 4.78 is 22.0. The normalized spacial score (nSPS) is 16.9. The zero-order chi connectivity index (χ0) is 30.7. The maximum atomic E-state index is 14.3. The number of hydrogen-bond acceptors (Lipinski definition) is 6. The summed E-state index contributed by atoms with van der Waals surface area (Å²) in [5.74, 6) is -1.05. The van der Waals surface area contributed by atoms with Crippen LogP contribution in [0.2, 0.25) is 0 Å². The van der Waals surface area contributed by atoms with Crippen LogP contribution in [0, 0.1) is 5.82 Å². The average Bonchev–Trinajstić information content (AvgIpc) is 2.97. The number of rotatable bonds is 6. The van der Waals surface area contributed by atoms with Gasteiger partial charge >= 0.3 is 11.8 Å². The Balaban J connectivity index is 1.46. The highest BCUT2D eigenvalue weighted by atomic mass is 19.1. The Labute approximate surface area is 247 Å². The molecule has 10 nitrogen and oxygen atoms in total. The van der Waals surface area contributed by atoms with Crippen LogP contribution >= 0.6 is 0 Å². The third-order valence-corrected chi connectivity index (χ3v) is 7.34. The van der Waals surface area contributed by atoms with E-state index >= 15 is 0 Å². The van der Waals surface area contributed by atoms with Gasteiger partial charge in [-0.3, -0.25) is 14.2 Å². The zero-order valence-corrected chi connectivity index (χ0v) is 24.3. The van der Waals surface area contributed by atoms with Crippen molar-refractivity contribution in [2.45, 2.75) is 70.7 Å². The van der Waals surface area contributed by atoms with Crippen molar-refractivity contribution in [2.24, 2.45) is 0 Å². The number of pyridine rings is 1. The number of alkyl carbamates (subject to hydrolysis) is 1. The number of carbonyl (C=O) groups excluding carboxylic acids is 2. The van der Waals surface area contributed by atoms with Crippen LogP contribution in [0.1, 0.15) is 68.4 Å². The molecular formula is C32H34FN5O5. The number of hydrogen-bond donors (Lipinski definition) is 2. The van der Waals surface area contributed by atoms with Gasteiger partial charge in [0.1, 0.15) is 11.4 Å². The number of nitrogens with one attached hydrogen (secondary N) is 2. The Morgan fingerprint density at radius 2 is 1.72 bits per heavy atom. The van der Waals surface area contributed by atoms with Crippen molar-refractivity contribution < 1.29 is 18.7 Å². The fourth-order valence-corrected chi connectivity index (χ4v) is 5.36. The van der Waals surface area contributed by atoms with E-state index in [0.29, 0.717) is 43.5 Å². The Hall–Kier alpha value is -4.80. The molecule has 2 aromatic carbocycles. The molecule has 0 aliphatic heterocycles. The number of nitrogens with zero attached hydrogens (tertiary/aromatic N) is 3. The van der Waals surface area contributed by atoms with Crippen molar-refractivity contribution in [3.05, 3.63) is 105 Å². The molecule has 0 atom stereocenters. The van der Waals surface area contributed by atoms with Gasteiger partial charge < -0.3 is 15.4 Å². The van der Waals surface area contributed by atoms with Crippen molar-refractivity contribution in [1.29, 1.82) is 0 Å². The van der Waals surface area contributed by atoms with E-state index in [1.54, 1.807) is 45.0 Å². The molecule has 1 fully saturated rings. The molecule has 0 radical (unpaired) electrons. The van der Waals surface area contributed by atoms with Crippen molar-refractivity contribution in [3.63, 3.8) is 0 Å². The second-order valence-corrected chi connectivity index (χ2v) is 11.7. The van der Waals surface area contributed by atoms with Gasteiger partial charge in [0.05, 0.1) is 17.3 Å². The number of carbonyl (C=O) groups is 2. The van der Waals surface area contributed by atoms with Gasteiger partial charge in [0.25, 0.3) is 11.5 Å². The highest BCUT2D eigenvalue weighted by molar-refractivity contribution is 5.94. The number of amides is 2. The Bertz CT molecular complexity index is 1770. The maximum absolute atomic E-state index is 14.3. The minimum absolute atomic E-state index is 0.00484. The van der Waals surface area contributed by atoms with Gasteiger partial charge in [-0.05, 0) is 76.3 Å². The predicted molar refractivity (Wildman–Crippen MR) is 160 cm³/mol. The van der Waals surface area contributed by atoms with E-state index in [4.69, 9.17) is 4.74 Å². The molecule has 2 aromatic heterocycles. The van der Waals surface area contributed by atoms with E-state index < -0.39 is 34.8 Å². The molecule has 2 N–H and O–H groups in total. The van der Waals surface area contributed by atoms with Crippen molar-refractivity contribution in [2.75, 3.05) is 0 Å². The summed E-state index contributed by atoms with van der Waals surface area (Å²) in [4.78, 5) is 56.9. The third kappa shape index (κ3) is 6.82. The first kappa shape index (κ1) is 29.7. The first-order chi connectivity index (χ1) is 20.5. The van der Waals surface area contributed by atoms with Gasteiger partial charge in [0.15, 0.2) is 5.65 Å². The Morgan fingerprint density at radius 1 is 1.00 bits per heavy atom. The summed E-state index contributed by atoms with van der Waals surface area (Å²) >= 11 is 0. The topological polar surface area (TPSA) is 124 Å². The highest BCUT2D eigenvalue weighted by Gasteiger charge is 2.29. The summed E-state index contributed by atoms with van der Waals surface area (Å²) in [6.45, 7) is 5.67. The van der Waals surface area contributed by atoms with Crippen molar-refractivity contribution >= 4 is 23.0 Å². The van der Waals surface area contributed by atoms with Gasteiger partial charge in [-0.1, -0.05) is 36.4 Å². The molecule has 2 amide bonds. The van der Waals surface area contributed by atoms with Crippen LogP contribution in [0.5, 0.6) is 0 Å². The maximum Gasteiger partial charge on any atom is 0.407 e. The van der Waals surface area contributed by atoms with Crippen molar-refractivity contribution in [3.8, 4) is 5.69 Å². The van der Waals surface area contributed by atoms with E-state index in [2.05, 4.69) is 15.6 Å². The molecule has 5 rings (SSSR count). The lowest BCUT2D eigenvalue weighted by molar-refractivity contribution is 0.0487. The van der Waals surface area contributed by atoms with E-state index in [9.17, 15) is 23.6 Å². The Morgan fingerprint density at radius 3 is 2.42 bits per heavy atom. The van der Waals surface area contributed by atoms with Crippen LogP contribution in [0.25, 0.3) is 16.7 Å². The summed E-state index contributed by atoms with van der Waals surface area (Å²) in [5, 5.41) is 5.68. The van der Waals surface area contributed by atoms with Gasteiger partial charge in [0.2, 0.25) is 0 Å². The molecule has 0 saturated heterocycles. The Kier molecular flexibility index (Phi) is 8.43. The SMILES string of the molecule is CC(C)(C)OC(=O)NC1CCC(n2c(=O)c3cc(F)cnc3n(-c3cccc(C(=O)NCc4ccccc4)c3)c2=O)CC1. The lowest BCUT2D eigenvalue weighted by Crippen LogP contribution is -2.45. The molecule has 1 aliphatic carbocycles. The molecule has 224 valence electrons. The minimum Gasteiger partial charge on any atom is -0.444 e. The minimum atomic E-state index is -0.708. The van der Waals surface area contributed by atoms with E-state index in [1.165, 1.54) is 4.57 Å². The molecular weight excluding hydrogens is 553 g/mol. The van der Waals surface area contributed by atoms with E-state index in [0.717, 1.165) is 22.4 Å². The third-order valence-electron chi connectivity index (χ3n) is 7.34. The van der Waals surface area contributed by atoms with Crippen LogP contribution < -0.4 is 21.9 Å².